The lowest BCUT2D eigenvalue weighted by Gasteiger charge is -2.31. The average Bonchev–Trinajstić information content (AvgIpc) is 2.34. The molecule has 108 valence electrons. The molecule has 0 amide bonds. The summed E-state index contributed by atoms with van der Waals surface area (Å²) in [7, 11) is 0. The minimum atomic E-state index is 0.522. The van der Waals surface area contributed by atoms with Crippen LogP contribution in [0.15, 0.2) is 22.7 Å². The molecule has 19 heavy (non-hydrogen) atoms. The summed E-state index contributed by atoms with van der Waals surface area (Å²) in [5, 5.41) is 3.37. The molecular formula is C16H27BrN2. The lowest BCUT2D eigenvalue weighted by Crippen LogP contribution is -2.34. The van der Waals surface area contributed by atoms with Gasteiger partial charge in [0.2, 0.25) is 0 Å². The first-order chi connectivity index (χ1) is 8.95. The highest BCUT2D eigenvalue weighted by molar-refractivity contribution is 9.10. The van der Waals surface area contributed by atoms with Gasteiger partial charge in [-0.3, -0.25) is 0 Å². The summed E-state index contributed by atoms with van der Waals surface area (Å²) in [6.07, 6.45) is 0. The highest BCUT2D eigenvalue weighted by Gasteiger charge is 2.13. The van der Waals surface area contributed by atoms with Crippen molar-refractivity contribution in [1.82, 2.24) is 5.32 Å². The van der Waals surface area contributed by atoms with Crippen LogP contribution in [0.1, 0.15) is 40.2 Å². The van der Waals surface area contributed by atoms with Gasteiger partial charge in [0.05, 0.1) is 0 Å². The fourth-order valence-electron chi connectivity index (χ4n) is 2.13. The van der Waals surface area contributed by atoms with Gasteiger partial charge < -0.3 is 10.2 Å². The van der Waals surface area contributed by atoms with E-state index in [0.717, 1.165) is 19.6 Å². The second kappa shape index (κ2) is 7.91. The van der Waals surface area contributed by atoms with Crippen molar-refractivity contribution >= 4 is 21.6 Å². The maximum atomic E-state index is 3.69. The number of benzene rings is 1. The fraction of sp³-hybridized carbons (Fsp3) is 0.625. The van der Waals surface area contributed by atoms with Gasteiger partial charge in [0.15, 0.2) is 0 Å². The van der Waals surface area contributed by atoms with E-state index < -0.39 is 0 Å². The molecule has 2 nitrogen and oxygen atoms in total. The van der Waals surface area contributed by atoms with Gasteiger partial charge in [-0.1, -0.05) is 42.8 Å². The minimum absolute atomic E-state index is 0.522. The SMILES string of the molecule is CCNCc1ccc(N(CC(C)C)C(C)C)cc1Br. The Morgan fingerprint density at radius 3 is 2.37 bits per heavy atom. The van der Waals surface area contributed by atoms with Gasteiger partial charge >= 0.3 is 0 Å². The van der Waals surface area contributed by atoms with Crippen molar-refractivity contribution in [2.24, 2.45) is 5.92 Å². The molecule has 1 rings (SSSR count). The number of nitrogens with zero attached hydrogens (tertiary/aromatic N) is 1. The zero-order chi connectivity index (χ0) is 14.4. The number of hydrogen-bond acceptors (Lipinski definition) is 2. The molecule has 0 radical (unpaired) electrons. The molecule has 3 heteroatoms. The summed E-state index contributed by atoms with van der Waals surface area (Å²) in [4.78, 5) is 2.46. The highest BCUT2D eigenvalue weighted by atomic mass is 79.9. The molecule has 0 saturated heterocycles. The van der Waals surface area contributed by atoms with Crippen LogP contribution in [0.25, 0.3) is 0 Å². The summed E-state index contributed by atoms with van der Waals surface area (Å²) in [6.45, 7) is 14.2. The molecule has 0 heterocycles. The van der Waals surface area contributed by atoms with Gasteiger partial charge in [-0.05, 0) is 44.0 Å². The van der Waals surface area contributed by atoms with Crippen LogP contribution < -0.4 is 10.2 Å². The van der Waals surface area contributed by atoms with E-state index in [1.54, 1.807) is 0 Å². The van der Waals surface area contributed by atoms with Crippen LogP contribution in [0, 0.1) is 5.92 Å². The zero-order valence-corrected chi connectivity index (χ0v) is 14.4. The molecule has 0 aromatic heterocycles. The third-order valence-electron chi connectivity index (χ3n) is 3.12. The monoisotopic (exact) mass is 326 g/mol. The van der Waals surface area contributed by atoms with Crippen molar-refractivity contribution in [3.63, 3.8) is 0 Å². The molecule has 0 saturated carbocycles. The number of anilines is 1. The molecule has 0 spiro atoms. The average molecular weight is 327 g/mol. The Bertz CT molecular complexity index is 388. The Morgan fingerprint density at radius 1 is 1.21 bits per heavy atom. The Kier molecular flexibility index (Phi) is 6.87. The van der Waals surface area contributed by atoms with Gasteiger partial charge in [0.1, 0.15) is 0 Å². The molecule has 1 aromatic rings. The van der Waals surface area contributed by atoms with Crippen molar-refractivity contribution in [2.75, 3.05) is 18.0 Å². The van der Waals surface area contributed by atoms with E-state index in [2.05, 4.69) is 79.0 Å². The molecule has 1 N–H and O–H groups in total. The second-order valence-electron chi connectivity index (χ2n) is 5.70. The Labute approximate surface area is 126 Å². The van der Waals surface area contributed by atoms with Crippen LogP contribution in [-0.2, 0) is 6.54 Å². The largest absolute Gasteiger partial charge is 0.369 e. The molecular weight excluding hydrogens is 300 g/mol. The van der Waals surface area contributed by atoms with Crippen molar-refractivity contribution in [1.29, 1.82) is 0 Å². The number of rotatable bonds is 7. The molecule has 1 aromatic carbocycles. The topological polar surface area (TPSA) is 15.3 Å². The predicted molar refractivity (Wildman–Crippen MR) is 88.8 cm³/mol. The minimum Gasteiger partial charge on any atom is -0.369 e. The fourth-order valence-corrected chi connectivity index (χ4v) is 2.63. The normalized spacial score (nSPS) is 11.4. The summed E-state index contributed by atoms with van der Waals surface area (Å²) in [5.41, 5.74) is 2.62. The molecule has 0 aliphatic heterocycles. The molecule has 0 bridgehead atoms. The van der Waals surface area contributed by atoms with E-state index in [0.29, 0.717) is 12.0 Å². The van der Waals surface area contributed by atoms with E-state index in [1.165, 1.54) is 15.7 Å². The summed E-state index contributed by atoms with van der Waals surface area (Å²) < 4.78 is 1.19. The Balaban J connectivity index is 2.90. The van der Waals surface area contributed by atoms with Gasteiger partial charge in [-0.25, -0.2) is 0 Å². The summed E-state index contributed by atoms with van der Waals surface area (Å²) >= 11 is 3.69. The van der Waals surface area contributed by atoms with Crippen LogP contribution in [-0.4, -0.2) is 19.1 Å². The lowest BCUT2D eigenvalue weighted by atomic mass is 10.1. The van der Waals surface area contributed by atoms with E-state index in [1.807, 2.05) is 0 Å². The Hall–Kier alpha value is -0.540. The number of nitrogens with one attached hydrogen (secondary N) is 1. The first-order valence-electron chi connectivity index (χ1n) is 7.21. The number of hydrogen-bond donors (Lipinski definition) is 1. The van der Waals surface area contributed by atoms with Crippen LogP contribution >= 0.6 is 15.9 Å². The van der Waals surface area contributed by atoms with Gasteiger partial charge in [-0.15, -0.1) is 0 Å². The van der Waals surface area contributed by atoms with Gasteiger partial charge in [0.25, 0.3) is 0 Å². The van der Waals surface area contributed by atoms with E-state index in [-0.39, 0.29) is 0 Å². The standard InChI is InChI=1S/C16H27BrN2/c1-6-18-10-14-7-8-15(9-16(14)17)19(13(4)5)11-12(2)3/h7-9,12-13,18H,6,10-11H2,1-5H3. The third-order valence-corrected chi connectivity index (χ3v) is 3.86. The first kappa shape index (κ1) is 16.5. The maximum absolute atomic E-state index is 3.69. The van der Waals surface area contributed by atoms with Crippen LogP contribution in [0.5, 0.6) is 0 Å². The molecule has 0 atom stereocenters. The van der Waals surface area contributed by atoms with E-state index in [9.17, 15) is 0 Å². The number of halogens is 1. The second-order valence-corrected chi connectivity index (χ2v) is 6.55. The van der Waals surface area contributed by atoms with Gasteiger partial charge in [0, 0.05) is 29.3 Å². The lowest BCUT2D eigenvalue weighted by molar-refractivity contribution is 0.571. The summed E-state index contributed by atoms with van der Waals surface area (Å²) in [6, 6.07) is 7.22. The van der Waals surface area contributed by atoms with Crippen molar-refractivity contribution < 1.29 is 0 Å². The predicted octanol–water partition coefficient (Wildman–Crippen LogP) is 4.43. The zero-order valence-electron chi connectivity index (χ0n) is 12.8. The first-order valence-corrected chi connectivity index (χ1v) is 8.00. The van der Waals surface area contributed by atoms with Crippen LogP contribution in [0.2, 0.25) is 0 Å². The van der Waals surface area contributed by atoms with Gasteiger partial charge in [-0.2, -0.15) is 0 Å². The third kappa shape index (κ3) is 5.15. The van der Waals surface area contributed by atoms with E-state index >= 15 is 0 Å². The van der Waals surface area contributed by atoms with E-state index in [4.69, 9.17) is 0 Å². The molecule has 0 unspecified atom stereocenters. The quantitative estimate of drug-likeness (QED) is 0.797. The highest BCUT2D eigenvalue weighted by Crippen LogP contribution is 2.26. The smallest absolute Gasteiger partial charge is 0.0380 e. The van der Waals surface area contributed by atoms with Crippen LogP contribution in [0.3, 0.4) is 0 Å². The van der Waals surface area contributed by atoms with Crippen molar-refractivity contribution in [2.45, 2.75) is 47.2 Å². The van der Waals surface area contributed by atoms with Crippen molar-refractivity contribution in [3.05, 3.63) is 28.2 Å². The Morgan fingerprint density at radius 2 is 1.89 bits per heavy atom. The van der Waals surface area contributed by atoms with Crippen molar-refractivity contribution in [3.8, 4) is 0 Å². The summed E-state index contributed by atoms with van der Waals surface area (Å²) in [5.74, 6) is 0.669. The molecule has 0 fully saturated rings. The molecule has 0 aliphatic rings. The molecule has 0 aliphatic carbocycles. The maximum Gasteiger partial charge on any atom is 0.0380 e. The van der Waals surface area contributed by atoms with Crippen LogP contribution in [0.4, 0.5) is 5.69 Å².